The average Bonchev–Trinajstić information content (AvgIpc) is 2.59. The fourth-order valence-corrected chi connectivity index (χ4v) is 1.98. The van der Waals surface area contributed by atoms with Crippen LogP contribution in [-0.2, 0) is 4.79 Å². The number of ether oxygens (including phenoxy) is 1. The van der Waals surface area contributed by atoms with E-state index in [-0.39, 0.29) is 6.54 Å². The predicted molar refractivity (Wildman–Crippen MR) is 58.7 cm³/mol. The molecule has 5 nitrogen and oxygen atoms in total. The number of carbonyl (C=O) groups excluding carboxylic acids is 1. The molecule has 15 heavy (non-hydrogen) atoms. The number of benzene rings is 1. The van der Waals surface area contributed by atoms with Gasteiger partial charge >= 0.3 is 5.97 Å². The van der Waals surface area contributed by atoms with Crippen LogP contribution in [0.15, 0.2) is 18.2 Å². The number of hydrogen-bond donors (Lipinski definition) is 2. The van der Waals surface area contributed by atoms with Gasteiger partial charge in [-0.2, -0.15) is 0 Å². The van der Waals surface area contributed by atoms with Crippen LogP contribution in [0.1, 0.15) is 0 Å². The molecule has 78 valence electrons. The smallest absolute Gasteiger partial charge is 0.327 e. The molecule has 0 saturated heterocycles. The van der Waals surface area contributed by atoms with Gasteiger partial charge in [0.25, 0.3) is 5.19 Å². The van der Waals surface area contributed by atoms with Crippen molar-refractivity contribution in [2.45, 2.75) is 0 Å². The molecule has 4 N–H and O–H groups in total. The molecule has 2 aromatic rings. The van der Waals surface area contributed by atoms with E-state index in [0.717, 1.165) is 10.2 Å². The van der Waals surface area contributed by atoms with Gasteiger partial charge in [0, 0.05) is 5.69 Å². The van der Waals surface area contributed by atoms with Crippen molar-refractivity contribution >= 4 is 33.2 Å². The monoisotopic (exact) mass is 223 g/mol. The number of thiazole rings is 1. The second kappa shape index (κ2) is 3.84. The average molecular weight is 223 g/mol. The molecule has 0 unspecified atom stereocenters. The SMILES string of the molecule is NCC(=O)Oc1nc2ccc(N)cc2s1. The molecule has 0 aliphatic heterocycles. The normalized spacial score (nSPS) is 10.5. The molecule has 2 rings (SSSR count). The first kappa shape index (κ1) is 9.88. The summed E-state index contributed by atoms with van der Waals surface area (Å²) in [6.45, 7) is -0.155. The van der Waals surface area contributed by atoms with Crippen molar-refractivity contribution in [3.63, 3.8) is 0 Å². The highest BCUT2D eigenvalue weighted by Gasteiger charge is 2.08. The van der Waals surface area contributed by atoms with E-state index in [0.29, 0.717) is 10.9 Å². The Hall–Kier alpha value is -1.66. The Morgan fingerprint density at radius 2 is 2.33 bits per heavy atom. The van der Waals surface area contributed by atoms with E-state index in [2.05, 4.69) is 4.98 Å². The van der Waals surface area contributed by atoms with Crippen LogP contribution in [0.3, 0.4) is 0 Å². The van der Waals surface area contributed by atoms with Crippen molar-refractivity contribution in [1.29, 1.82) is 0 Å². The molecule has 0 amide bonds. The third kappa shape index (κ3) is 2.05. The molecule has 0 aliphatic carbocycles. The number of nitrogen functional groups attached to an aromatic ring is 1. The van der Waals surface area contributed by atoms with Crippen molar-refractivity contribution in [2.75, 3.05) is 12.3 Å². The maximum Gasteiger partial charge on any atom is 0.327 e. The molecular weight excluding hydrogens is 214 g/mol. The van der Waals surface area contributed by atoms with E-state index >= 15 is 0 Å². The third-order valence-electron chi connectivity index (χ3n) is 1.76. The van der Waals surface area contributed by atoms with Gasteiger partial charge in [-0.05, 0) is 18.2 Å². The van der Waals surface area contributed by atoms with Crippen LogP contribution < -0.4 is 16.2 Å². The van der Waals surface area contributed by atoms with Crippen LogP contribution in [0.4, 0.5) is 5.69 Å². The van der Waals surface area contributed by atoms with E-state index in [4.69, 9.17) is 16.2 Å². The standard InChI is InChI=1S/C9H9N3O2S/c10-4-8(13)14-9-12-6-2-1-5(11)3-7(6)15-9/h1-3H,4,10-11H2. The summed E-state index contributed by atoms with van der Waals surface area (Å²) in [6, 6.07) is 5.31. The Kier molecular flexibility index (Phi) is 2.53. The summed E-state index contributed by atoms with van der Waals surface area (Å²) in [5.74, 6) is -0.498. The van der Waals surface area contributed by atoms with Gasteiger partial charge in [0.2, 0.25) is 0 Å². The second-order valence-corrected chi connectivity index (χ2v) is 3.88. The predicted octanol–water partition coefficient (Wildman–Crippen LogP) is 0.743. The number of fused-ring (bicyclic) bond motifs is 1. The van der Waals surface area contributed by atoms with Crippen molar-refractivity contribution in [1.82, 2.24) is 4.98 Å². The maximum absolute atomic E-state index is 10.9. The van der Waals surface area contributed by atoms with Gasteiger partial charge in [-0.1, -0.05) is 11.3 Å². The number of anilines is 1. The van der Waals surface area contributed by atoms with E-state index in [1.165, 1.54) is 11.3 Å². The largest absolute Gasteiger partial charge is 0.399 e. The van der Waals surface area contributed by atoms with Crippen molar-refractivity contribution in [3.05, 3.63) is 18.2 Å². The second-order valence-electron chi connectivity index (χ2n) is 2.89. The molecule has 0 saturated carbocycles. The van der Waals surface area contributed by atoms with E-state index in [9.17, 15) is 4.79 Å². The van der Waals surface area contributed by atoms with Crippen LogP contribution in [-0.4, -0.2) is 17.5 Å². The van der Waals surface area contributed by atoms with Crippen molar-refractivity contribution < 1.29 is 9.53 Å². The lowest BCUT2D eigenvalue weighted by molar-refractivity contribution is -0.132. The summed E-state index contributed by atoms with van der Waals surface area (Å²) >= 11 is 1.27. The molecule has 0 spiro atoms. The fourth-order valence-electron chi connectivity index (χ4n) is 1.10. The summed E-state index contributed by atoms with van der Waals surface area (Å²) in [5.41, 5.74) is 12.1. The zero-order chi connectivity index (χ0) is 10.8. The minimum absolute atomic E-state index is 0.155. The van der Waals surface area contributed by atoms with Crippen LogP contribution in [0.2, 0.25) is 0 Å². The number of rotatable bonds is 2. The third-order valence-corrected chi connectivity index (χ3v) is 2.66. The lowest BCUT2D eigenvalue weighted by Gasteiger charge is -1.94. The van der Waals surface area contributed by atoms with Gasteiger partial charge in [-0.3, -0.25) is 4.79 Å². The Morgan fingerprint density at radius 3 is 3.07 bits per heavy atom. The van der Waals surface area contributed by atoms with Crippen molar-refractivity contribution in [3.8, 4) is 5.19 Å². The molecule has 6 heteroatoms. The molecule has 1 aromatic carbocycles. The Morgan fingerprint density at radius 1 is 1.53 bits per heavy atom. The van der Waals surface area contributed by atoms with Gasteiger partial charge in [0.05, 0.1) is 16.8 Å². The minimum Gasteiger partial charge on any atom is -0.399 e. The highest BCUT2D eigenvalue weighted by molar-refractivity contribution is 7.20. The van der Waals surface area contributed by atoms with Crippen LogP contribution in [0, 0.1) is 0 Å². The fraction of sp³-hybridized carbons (Fsp3) is 0.111. The molecule has 0 aliphatic rings. The maximum atomic E-state index is 10.9. The van der Waals surface area contributed by atoms with Gasteiger partial charge in [-0.15, -0.1) is 0 Å². The summed E-state index contributed by atoms with van der Waals surface area (Å²) < 4.78 is 5.78. The van der Waals surface area contributed by atoms with E-state index < -0.39 is 5.97 Å². The number of carbonyl (C=O) groups is 1. The lowest BCUT2D eigenvalue weighted by atomic mass is 10.3. The summed E-state index contributed by atoms with van der Waals surface area (Å²) in [4.78, 5) is 15.0. The van der Waals surface area contributed by atoms with Gasteiger partial charge < -0.3 is 16.2 Å². The molecular formula is C9H9N3O2S. The lowest BCUT2D eigenvalue weighted by Crippen LogP contribution is -2.19. The van der Waals surface area contributed by atoms with Gasteiger partial charge in [-0.25, -0.2) is 4.98 Å². The Bertz CT molecular complexity index is 509. The van der Waals surface area contributed by atoms with Crippen molar-refractivity contribution in [2.24, 2.45) is 5.73 Å². The highest BCUT2D eigenvalue weighted by Crippen LogP contribution is 2.28. The van der Waals surface area contributed by atoms with E-state index in [1.807, 2.05) is 0 Å². The number of nitrogens with zero attached hydrogens (tertiary/aromatic N) is 1. The summed E-state index contributed by atoms with van der Waals surface area (Å²) in [6.07, 6.45) is 0. The molecule has 0 fully saturated rings. The van der Waals surface area contributed by atoms with Gasteiger partial charge in [0.1, 0.15) is 0 Å². The number of esters is 1. The summed E-state index contributed by atoms with van der Waals surface area (Å²) in [7, 11) is 0. The molecule has 0 radical (unpaired) electrons. The summed E-state index contributed by atoms with van der Waals surface area (Å²) in [5, 5.41) is 0.297. The number of hydrogen-bond acceptors (Lipinski definition) is 6. The molecule has 1 aromatic heterocycles. The number of aromatic nitrogens is 1. The Labute approximate surface area is 89.7 Å². The minimum atomic E-state index is -0.498. The van der Waals surface area contributed by atoms with Crippen LogP contribution in [0.5, 0.6) is 5.19 Å². The zero-order valence-electron chi connectivity index (χ0n) is 7.77. The molecule has 0 atom stereocenters. The first-order valence-corrected chi connectivity index (χ1v) is 5.07. The Balaban J connectivity index is 2.34. The first-order valence-electron chi connectivity index (χ1n) is 4.26. The molecule has 0 bridgehead atoms. The van der Waals surface area contributed by atoms with Gasteiger partial charge in [0.15, 0.2) is 0 Å². The van der Waals surface area contributed by atoms with Crippen LogP contribution >= 0.6 is 11.3 Å². The quantitative estimate of drug-likeness (QED) is 0.579. The zero-order valence-corrected chi connectivity index (χ0v) is 8.58. The number of nitrogens with two attached hydrogens (primary N) is 2. The van der Waals surface area contributed by atoms with Crippen LogP contribution in [0.25, 0.3) is 10.2 Å². The van der Waals surface area contributed by atoms with E-state index in [1.54, 1.807) is 18.2 Å². The first-order chi connectivity index (χ1) is 7.19. The topological polar surface area (TPSA) is 91.2 Å². The molecule has 1 heterocycles. The highest BCUT2D eigenvalue weighted by atomic mass is 32.1.